The van der Waals surface area contributed by atoms with Crippen molar-refractivity contribution in [1.29, 1.82) is 0 Å². The predicted molar refractivity (Wildman–Crippen MR) is 76.0 cm³/mol. The van der Waals surface area contributed by atoms with Crippen LogP contribution in [0.2, 0.25) is 0 Å². The molecule has 1 fully saturated rings. The predicted octanol–water partition coefficient (Wildman–Crippen LogP) is 2.23. The lowest BCUT2D eigenvalue weighted by Crippen LogP contribution is -2.53. The lowest BCUT2D eigenvalue weighted by atomic mass is 9.66. The fraction of sp³-hybridized carbons (Fsp3) is 0.933. The van der Waals surface area contributed by atoms with Crippen LogP contribution in [0.25, 0.3) is 0 Å². The fourth-order valence-corrected chi connectivity index (χ4v) is 2.96. The van der Waals surface area contributed by atoms with Gasteiger partial charge in [-0.05, 0) is 37.6 Å². The molecule has 1 aliphatic rings. The number of esters is 1. The minimum absolute atomic E-state index is 0.0552. The van der Waals surface area contributed by atoms with Gasteiger partial charge in [0.2, 0.25) is 0 Å². The number of hydrogen-bond acceptors (Lipinski definition) is 4. The van der Waals surface area contributed by atoms with E-state index in [0.717, 1.165) is 13.0 Å². The van der Waals surface area contributed by atoms with Crippen LogP contribution in [0.3, 0.4) is 0 Å². The Morgan fingerprint density at radius 3 is 2.53 bits per heavy atom. The number of piperidine rings is 1. The van der Waals surface area contributed by atoms with Crippen LogP contribution >= 0.6 is 0 Å². The van der Waals surface area contributed by atoms with Crippen LogP contribution < -0.4 is 5.32 Å². The lowest BCUT2D eigenvalue weighted by molar-refractivity contribution is -0.158. The molecule has 0 bridgehead atoms. The van der Waals surface area contributed by atoms with E-state index in [4.69, 9.17) is 9.47 Å². The second-order valence-electron chi connectivity index (χ2n) is 6.92. The average molecular weight is 271 g/mol. The third-order valence-corrected chi connectivity index (χ3v) is 4.41. The first-order chi connectivity index (χ1) is 8.75. The van der Waals surface area contributed by atoms with E-state index in [-0.39, 0.29) is 17.5 Å². The van der Waals surface area contributed by atoms with Gasteiger partial charge in [-0.2, -0.15) is 0 Å². The zero-order valence-corrected chi connectivity index (χ0v) is 13.2. The first-order valence-corrected chi connectivity index (χ1v) is 7.07. The van der Waals surface area contributed by atoms with Gasteiger partial charge >= 0.3 is 5.97 Å². The van der Waals surface area contributed by atoms with E-state index in [1.807, 2.05) is 6.92 Å². The summed E-state index contributed by atoms with van der Waals surface area (Å²) in [4.78, 5) is 12.3. The van der Waals surface area contributed by atoms with E-state index in [9.17, 15) is 4.79 Å². The summed E-state index contributed by atoms with van der Waals surface area (Å²) in [5.41, 5.74) is -0.274. The molecule has 0 spiro atoms. The van der Waals surface area contributed by atoms with Gasteiger partial charge in [-0.1, -0.05) is 20.8 Å². The Morgan fingerprint density at radius 1 is 1.42 bits per heavy atom. The summed E-state index contributed by atoms with van der Waals surface area (Å²) in [6, 6.07) is 0. The molecular formula is C15H29NO3. The molecule has 0 aliphatic carbocycles. The second-order valence-corrected chi connectivity index (χ2v) is 6.92. The number of rotatable bonds is 4. The maximum absolute atomic E-state index is 12.3. The lowest BCUT2D eigenvalue weighted by Gasteiger charge is -2.44. The van der Waals surface area contributed by atoms with E-state index in [2.05, 4.69) is 26.1 Å². The molecule has 4 nitrogen and oxygen atoms in total. The van der Waals surface area contributed by atoms with Crippen molar-refractivity contribution >= 4 is 5.97 Å². The molecule has 112 valence electrons. The zero-order chi connectivity index (χ0) is 14.7. The van der Waals surface area contributed by atoms with E-state index in [1.165, 1.54) is 7.11 Å². The Bertz CT molecular complexity index is 311. The molecule has 1 aliphatic heterocycles. The Kier molecular flexibility index (Phi) is 5.39. The number of carbonyl (C=O) groups excluding carboxylic acids is 1. The number of nitrogens with one attached hydrogen (secondary N) is 1. The van der Waals surface area contributed by atoms with Crippen LogP contribution in [-0.4, -0.2) is 39.4 Å². The van der Waals surface area contributed by atoms with Crippen molar-refractivity contribution in [2.24, 2.45) is 16.7 Å². The van der Waals surface area contributed by atoms with Gasteiger partial charge in [-0.25, -0.2) is 0 Å². The Labute approximate surface area is 117 Å². The third-order valence-electron chi connectivity index (χ3n) is 4.41. The topological polar surface area (TPSA) is 47.6 Å². The van der Waals surface area contributed by atoms with Crippen LogP contribution in [0.4, 0.5) is 0 Å². The highest BCUT2D eigenvalue weighted by molar-refractivity contribution is 5.77. The van der Waals surface area contributed by atoms with Crippen molar-refractivity contribution in [3.63, 3.8) is 0 Å². The van der Waals surface area contributed by atoms with Gasteiger partial charge in [0, 0.05) is 13.7 Å². The molecule has 0 aromatic rings. The molecule has 0 saturated carbocycles. The summed E-state index contributed by atoms with van der Waals surface area (Å²) in [7, 11) is 3.16. The molecule has 0 aromatic carbocycles. The van der Waals surface area contributed by atoms with Crippen LogP contribution in [0.1, 0.15) is 40.5 Å². The Morgan fingerprint density at radius 2 is 2.05 bits per heavy atom. The van der Waals surface area contributed by atoms with E-state index in [1.54, 1.807) is 7.11 Å². The molecule has 1 heterocycles. The average Bonchev–Trinajstić information content (AvgIpc) is 2.36. The molecule has 0 aromatic heterocycles. The summed E-state index contributed by atoms with van der Waals surface area (Å²) >= 11 is 0. The smallest absolute Gasteiger partial charge is 0.313 e. The molecule has 1 unspecified atom stereocenters. The van der Waals surface area contributed by atoms with Gasteiger partial charge in [0.25, 0.3) is 0 Å². The fourth-order valence-electron chi connectivity index (χ4n) is 2.96. The summed E-state index contributed by atoms with van der Waals surface area (Å²) in [5.74, 6) is 0.349. The molecule has 0 amide bonds. The van der Waals surface area contributed by atoms with Gasteiger partial charge < -0.3 is 14.8 Å². The minimum Gasteiger partial charge on any atom is -0.469 e. The zero-order valence-electron chi connectivity index (χ0n) is 13.2. The molecular weight excluding hydrogens is 242 g/mol. The molecule has 19 heavy (non-hydrogen) atoms. The molecule has 1 rings (SSSR count). The van der Waals surface area contributed by atoms with Gasteiger partial charge in [0.05, 0.1) is 18.6 Å². The van der Waals surface area contributed by atoms with Crippen LogP contribution in [0.5, 0.6) is 0 Å². The number of methoxy groups -OCH3 is 2. The van der Waals surface area contributed by atoms with Crippen LogP contribution in [0, 0.1) is 16.7 Å². The van der Waals surface area contributed by atoms with E-state index < -0.39 is 5.41 Å². The van der Waals surface area contributed by atoms with Crippen LogP contribution in [-0.2, 0) is 14.3 Å². The third kappa shape index (κ3) is 3.93. The SMILES string of the molecule is COC(=O)[C@@]1(CC(C)OC)CNC[C@H](C(C)(C)C)C1. The molecule has 1 N–H and O–H groups in total. The normalized spacial score (nSPS) is 29.9. The van der Waals surface area contributed by atoms with Crippen LogP contribution in [0.15, 0.2) is 0 Å². The molecule has 1 saturated heterocycles. The first-order valence-electron chi connectivity index (χ1n) is 7.07. The summed E-state index contributed by atoms with van der Waals surface area (Å²) in [6.45, 7) is 10.3. The van der Waals surface area contributed by atoms with Crippen molar-refractivity contribution in [3.05, 3.63) is 0 Å². The van der Waals surface area contributed by atoms with Gasteiger partial charge in [0.1, 0.15) is 0 Å². The quantitative estimate of drug-likeness (QED) is 0.797. The van der Waals surface area contributed by atoms with Gasteiger partial charge in [0.15, 0.2) is 0 Å². The largest absolute Gasteiger partial charge is 0.469 e. The Balaban J connectivity index is 2.93. The maximum Gasteiger partial charge on any atom is 0.313 e. The maximum atomic E-state index is 12.3. The van der Waals surface area contributed by atoms with Crippen molar-refractivity contribution in [1.82, 2.24) is 5.32 Å². The summed E-state index contributed by atoms with van der Waals surface area (Å²) in [6.07, 6.45) is 1.62. The molecule has 0 radical (unpaired) electrons. The minimum atomic E-state index is -0.458. The molecule has 3 atom stereocenters. The van der Waals surface area contributed by atoms with Crippen molar-refractivity contribution < 1.29 is 14.3 Å². The Hall–Kier alpha value is -0.610. The van der Waals surface area contributed by atoms with Gasteiger partial charge in [-0.15, -0.1) is 0 Å². The van der Waals surface area contributed by atoms with Crippen molar-refractivity contribution in [3.8, 4) is 0 Å². The standard InChI is InChI=1S/C15H29NO3/c1-11(18-5)7-15(13(17)19-6)8-12(9-16-10-15)14(2,3)4/h11-12,16H,7-10H2,1-6H3/t11?,12-,15-/m1/s1. The second kappa shape index (κ2) is 6.23. The highest BCUT2D eigenvalue weighted by Gasteiger charge is 2.47. The van der Waals surface area contributed by atoms with E-state index in [0.29, 0.717) is 18.9 Å². The van der Waals surface area contributed by atoms with Gasteiger partial charge in [-0.3, -0.25) is 4.79 Å². The molecule has 4 heteroatoms. The van der Waals surface area contributed by atoms with Crippen molar-refractivity contribution in [2.45, 2.75) is 46.6 Å². The highest BCUT2D eigenvalue weighted by atomic mass is 16.5. The number of carbonyl (C=O) groups is 1. The summed E-state index contributed by atoms with van der Waals surface area (Å²) < 4.78 is 10.4. The summed E-state index contributed by atoms with van der Waals surface area (Å²) in [5, 5.41) is 3.42. The highest BCUT2D eigenvalue weighted by Crippen LogP contribution is 2.42. The van der Waals surface area contributed by atoms with E-state index >= 15 is 0 Å². The number of hydrogen-bond donors (Lipinski definition) is 1. The number of ether oxygens (including phenoxy) is 2. The first kappa shape index (κ1) is 16.4. The monoisotopic (exact) mass is 271 g/mol. The van der Waals surface area contributed by atoms with Crippen molar-refractivity contribution in [2.75, 3.05) is 27.3 Å².